The van der Waals surface area contributed by atoms with Crippen LogP contribution in [-0.4, -0.2) is 43.5 Å². The molecule has 6 heteroatoms. The van der Waals surface area contributed by atoms with E-state index in [0.29, 0.717) is 13.0 Å². The Labute approximate surface area is 144 Å². The number of hydrogen-bond acceptors (Lipinski definition) is 4. The van der Waals surface area contributed by atoms with Crippen molar-refractivity contribution in [2.24, 2.45) is 0 Å². The van der Waals surface area contributed by atoms with Gasteiger partial charge in [0.2, 0.25) is 0 Å². The average Bonchev–Trinajstić information content (AvgIpc) is 2.93. The van der Waals surface area contributed by atoms with Crippen LogP contribution in [0.3, 0.4) is 0 Å². The Hall–Kier alpha value is -1.82. The molecule has 24 heavy (non-hydrogen) atoms. The summed E-state index contributed by atoms with van der Waals surface area (Å²) in [7, 11) is 0. The summed E-state index contributed by atoms with van der Waals surface area (Å²) in [4.78, 5) is 17.9. The minimum Gasteiger partial charge on any atom is -0.438 e. The molecule has 134 valence electrons. The molecule has 0 unspecified atom stereocenters. The molecule has 6 nitrogen and oxygen atoms in total. The molecular formula is C18H29N3O3. The van der Waals surface area contributed by atoms with Crippen molar-refractivity contribution >= 4 is 6.09 Å². The van der Waals surface area contributed by atoms with E-state index in [1.807, 2.05) is 38.5 Å². The second-order valence-corrected chi connectivity index (χ2v) is 7.11. The van der Waals surface area contributed by atoms with Gasteiger partial charge in [0.15, 0.2) is 11.3 Å². The van der Waals surface area contributed by atoms with Gasteiger partial charge in [-0.2, -0.15) is 0 Å². The summed E-state index contributed by atoms with van der Waals surface area (Å²) in [5.74, 6) is 0.942. The van der Waals surface area contributed by atoms with Gasteiger partial charge in [0.05, 0.1) is 0 Å². The predicted octanol–water partition coefficient (Wildman–Crippen LogP) is 3.25. The van der Waals surface area contributed by atoms with Crippen molar-refractivity contribution in [1.82, 2.24) is 14.5 Å². The van der Waals surface area contributed by atoms with Crippen LogP contribution in [0.15, 0.2) is 24.0 Å². The van der Waals surface area contributed by atoms with E-state index < -0.39 is 17.4 Å². The fourth-order valence-corrected chi connectivity index (χ4v) is 3.08. The molecule has 1 aromatic rings. The fraction of sp³-hybridized carbons (Fsp3) is 0.667. The summed E-state index contributed by atoms with van der Waals surface area (Å²) in [6, 6.07) is 0. The van der Waals surface area contributed by atoms with E-state index in [4.69, 9.17) is 4.74 Å². The van der Waals surface area contributed by atoms with Crippen molar-refractivity contribution in [1.29, 1.82) is 0 Å². The number of carbonyl (C=O) groups excluding carboxylic acids is 1. The third-order valence-corrected chi connectivity index (χ3v) is 4.94. The van der Waals surface area contributed by atoms with Crippen molar-refractivity contribution in [3.8, 4) is 0 Å². The SMILES string of the molecule is CC(C)=CCC[C@]1(C)OC(=O)N(CCCn2ccnc2C)[C@]1(C)O. The summed E-state index contributed by atoms with van der Waals surface area (Å²) in [6.07, 6.45) is 7.42. The maximum Gasteiger partial charge on any atom is 0.412 e. The number of aliphatic hydroxyl groups is 1. The zero-order valence-corrected chi connectivity index (χ0v) is 15.4. The lowest BCUT2D eigenvalue weighted by Gasteiger charge is -2.37. The minimum absolute atomic E-state index is 0.443. The van der Waals surface area contributed by atoms with Crippen LogP contribution >= 0.6 is 0 Å². The van der Waals surface area contributed by atoms with Crippen molar-refractivity contribution in [3.63, 3.8) is 0 Å². The molecule has 1 aliphatic heterocycles. The maximum absolute atomic E-state index is 12.3. The molecule has 1 fully saturated rings. The molecule has 1 aromatic heterocycles. The second-order valence-electron chi connectivity index (χ2n) is 7.11. The van der Waals surface area contributed by atoms with E-state index in [1.165, 1.54) is 10.5 Å². The van der Waals surface area contributed by atoms with Crippen LogP contribution in [0.4, 0.5) is 4.79 Å². The Kier molecular flexibility index (Phi) is 5.38. The molecule has 1 aliphatic rings. The Balaban J connectivity index is 1.98. The smallest absolute Gasteiger partial charge is 0.412 e. The van der Waals surface area contributed by atoms with Gasteiger partial charge in [-0.15, -0.1) is 0 Å². The van der Waals surface area contributed by atoms with Crippen molar-refractivity contribution in [3.05, 3.63) is 29.9 Å². The van der Waals surface area contributed by atoms with Gasteiger partial charge in [0.1, 0.15) is 5.82 Å². The first-order chi connectivity index (χ1) is 11.2. The molecule has 2 heterocycles. The third-order valence-electron chi connectivity index (χ3n) is 4.94. The number of hydrogen-bond donors (Lipinski definition) is 1. The van der Waals surface area contributed by atoms with Gasteiger partial charge in [0, 0.05) is 25.5 Å². The largest absolute Gasteiger partial charge is 0.438 e. The quantitative estimate of drug-likeness (QED) is 0.777. The zero-order chi connectivity index (χ0) is 18.0. The molecule has 0 aromatic carbocycles. The lowest BCUT2D eigenvalue weighted by Crippen LogP contribution is -2.55. The Bertz CT molecular complexity index is 617. The number of ether oxygens (including phenoxy) is 1. The molecule has 1 amide bonds. The average molecular weight is 335 g/mol. The van der Waals surface area contributed by atoms with E-state index >= 15 is 0 Å². The van der Waals surface area contributed by atoms with Crippen molar-refractivity contribution in [2.75, 3.05) is 6.54 Å². The van der Waals surface area contributed by atoms with Crippen molar-refractivity contribution < 1.29 is 14.6 Å². The van der Waals surface area contributed by atoms with Crippen LogP contribution < -0.4 is 0 Å². The second kappa shape index (κ2) is 6.97. The molecule has 0 aliphatic carbocycles. The molecule has 0 bridgehead atoms. The van der Waals surface area contributed by atoms with Crippen LogP contribution in [-0.2, 0) is 11.3 Å². The van der Waals surface area contributed by atoms with E-state index in [1.54, 1.807) is 13.1 Å². The Morgan fingerprint density at radius 2 is 2.08 bits per heavy atom. The molecule has 0 radical (unpaired) electrons. The van der Waals surface area contributed by atoms with E-state index in [0.717, 1.165) is 25.2 Å². The molecule has 2 rings (SSSR count). The summed E-state index contributed by atoms with van der Waals surface area (Å²) >= 11 is 0. The molecule has 0 spiro atoms. The highest BCUT2D eigenvalue weighted by atomic mass is 16.6. The lowest BCUT2D eigenvalue weighted by atomic mass is 9.88. The van der Waals surface area contributed by atoms with Crippen LogP contribution in [0.1, 0.15) is 52.8 Å². The van der Waals surface area contributed by atoms with Gasteiger partial charge in [-0.3, -0.25) is 4.90 Å². The molecule has 1 N–H and O–H groups in total. The summed E-state index contributed by atoms with van der Waals surface area (Å²) < 4.78 is 7.59. The Morgan fingerprint density at radius 3 is 2.67 bits per heavy atom. The lowest BCUT2D eigenvalue weighted by molar-refractivity contribution is -0.139. The first-order valence-corrected chi connectivity index (χ1v) is 8.51. The van der Waals surface area contributed by atoms with Crippen molar-refractivity contribution in [2.45, 2.75) is 71.8 Å². The Morgan fingerprint density at radius 1 is 1.38 bits per heavy atom. The molecule has 1 saturated heterocycles. The highest BCUT2D eigenvalue weighted by Gasteiger charge is 2.58. The van der Waals surface area contributed by atoms with Gasteiger partial charge < -0.3 is 14.4 Å². The predicted molar refractivity (Wildman–Crippen MR) is 92.5 cm³/mol. The topological polar surface area (TPSA) is 67.6 Å². The first-order valence-electron chi connectivity index (χ1n) is 8.51. The van der Waals surface area contributed by atoms with Gasteiger partial charge >= 0.3 is 6.09 Å². The van der Waals surface area contributed by atoms with Crippen LogP contribution in [0.2, 0.25) is 0 Å². The zero-order valence-electron chi connectivity index (χ0n) is 15.4. The fourth-order valence-electron chi connectivity index (χ4n) is 3.08. The molecule has 2 atom stereocenters. The number of nitrogens with zero attached hydrogens (tertiary/aromatic N) is 3. The highest BCUT2D eigenvalue weighted by Crippen LogP contribution is 2.40. The van der Waals surface area contributed by atoms with Gasteiger partial charge in [-0.1, -0.05) is 11.6 Å². The normalized spacial score (nSPS) is 26.6. The number of imidazole rings is 1. The number of aromatic nitrogens is 2. The standard InChI is InChI=1S/C18H29N3O3/c1-14(2)8-6-9-17(4)18(5,23)21(16(22)24-17)12-7-11-20-13-10-19-15(20)3/h8,10,13,23H,6-7,9,11-12H2,1-5H3/t17-,18+/m0/s1. The minimum atomic E-state index is -1.32. The monoisotopic (exact) mass is 335 g/mol. The molecule has 0 saturated carbocycles. The summed E-state index contributed by atoms with van der Waals surface area (Å²) in [5.41, 5.74) is -1.00. The van der Waals surface area contributed by atoms with Crippen LogP contribution in [0.5, 0.6) is 0 Å². The number of allylic oxidation sites excluding steroid dienone is 2. The maximum atomic E-state index is 12.3. The summed E-state index contributed by atoms with van der Waals surface area (Å²) in [5, 5.41) is 11.0. The highest BCUT2D eigenvalue weighted by molar-refractivity contribution is 5.72. The number of carbonyl (C=O) groups is 1. The summed E-state index contributed by atoms with van der Waals surface area (Å²) in [6.45, 7) is 10.7. The van der Waals surface area contributed by atoms with Crippen LogP contribution in [0.25, 0.3) is 0 Å². The van der Waals surface area contributed by atoms with Gasteiger partial charge in [-0.25, -0.2) is 9.78 Å². The number of aryl methyl sites for hydroxylation is 2. The number of rotatable bonds is 7. The van der Waals surface area contributed by atoms with E-state index in [-0.39, 0.29) is 0 Å². The molecular weight excluding hydrogens is 306 g/mol. The number of cyclic esters (lactones) is 1. The van der Waals surface area contributed by atoms with E-state index in [2.05, 4.69) is 11.1 Å². The number of amides is 1. The van der Waals surface area contributed by atoms with Crippen LogP contribution in [0, 0.1) is 6.92 Å². The van der Waals surface area contributed by atoms with Gasteiger partial charge in [0.25, 0.3) is 0 Å². The third kappa shape index (κ3) is 3.64. The van der Waals surface area contributed by atoms with E-state index in [9.17, 15) is 9.90 Å². The van der Waals surface area contributed by atoms with Gasteiger partial charge in [-0.05, 0) is 53.9 Å². The first kappa shape index (κ1) is 18.5.